The standard InChI is InChI=1S/C62H41N3O/c1-2-14-40-34-55-43(31-39(40)13-1)25-28-51(52-17-7-8-18-53(52)55)46-35-56(59-54-19-9-10-20-57(54)66-58(59)36-46)62-64-60(44-26-29-49-41(32-44)23-21-37-11-3-5-15-47(37)49)63-61(65-62)45-27-30-50-42(33-45)24-22-38-12-4-6-16-48(38)50/h1-24,26-27,29-36,51,60H,25,28H2,(H,63,64,65). The fourth-order valence-corrected chi connectivity index (χ4v) is 11.1. The average molecular weight is 844 g/mol. The van der Waals surface area contributed by atoms with Crippen LogP contribution in [-0.2, 0) is 6.42 Å². The van der Waals surface area contributed by atoms with Crippen LogP contribution in [0, 0.1) is 0 Å². The van der Waals surface area contributed by atoms with Crippen LogP contribution in [0.5, 0.6) is 0 Å². The van der Waals surface area contributed by atoms with Gasteiger partial charge < -0.3 is 9.73 Å². The summed E-state index contributed by atoms with van der Waals surface area (Å²) in [5, 5.41) is 18.2. The maximum absolute atomic E-state index is 6.83. The van der Waals surface area contributed by atoms with Gasteiger partial charge in [-0.3, -0.25) is 0 Å². The smallest absolute Gasteiger partial charge is 0.169 e. The predicted octanol–water partition coefficient (Wildman–Crippen LogP) is 15.6. The highest BCUT2D eigenvalue weighted by atomic mass is 16.3. The van der Waals surface area contributed by atoms with E-state index in [-0.39, 0.29) is 5.92 Å². The van der Waals surface area contributed by atoms with Gasteiger partial charge in [0.15, 0.2) is 6.17 Å². The minimum atomic E-state index is -0.501. The largest absolute Gasteiger partial charge is 0.456 e. The Balaban J connectivity index is 0.965. The van der Waals surface area contributed by atoms with Gasteiger partial charge in [0, 0.05) is 27.8 Å². The van der Waals surface area contributed by atoms with Crippen LogP contribution in [0.25, 0.3) is 86.9 Å². The number of para-hydroxylation sites is 1. The Morgan fingerprint density at radius 1 is 0.409 bits per heavy atom. The van der Waals surface area contributed by atoms with Gasteiger partial charge in [0.2, 0.25) is 0 Å². The summed E-state index contributed by atoms with van der Waals surface area (Å²) in [6.45, 7) is 0. The van der Waals surface area contributed by atoms with Crippen molar-refractivity contribution in [3.8, 4) is 11.1 Å². The molecule has 2 heterocycles. The fraction of sp³-hybridized carbons (Fsp3) is 0.0645. The van der Waals surface area contributed by atoms with Gasteiger partial charge in [-0.25, -0.2) is 9.98 Å². The van der Waals surface area contributed by atoms with Crippen LogP contribution in [0.3, 0.4) is 0 Å². The molecular formula is C62H41N3O. The molecule has 12 aromatic rings. The number of aliphatic imine (C=N–C) groups is 2. The van der Waals surface area contributed by atoms with E-state index >= 15 is 0 Å². The Labute approximate surface area is 381 Å². The molecule has 0 spiro atoms. The minimum absolute atomic E-state index is 0.117. The van der Waals surface area contributed by atoms with Crippen molar-refractivity contribution in [2.45, 2.75) is 24.9 Å². The summed E-state index contributed by atoms with van der Waals surface area (Å²) in [7, 11) is 0. The van der Waals surface area contributed by atoms with Gasteiger partial charge >= 0.3 is 0 Å². The monoisotopic (exact) mass is 843 g/mol. The Kier molecular flexibility index (Phi) is 8.20. The maximum Gasteiger partial charge on any atom is 0.169 e. The van der Waals surface area contributed by atoms with Crippen LogP contribution in [0.2, 0.25) is 0 Å². The van der Waals surface area contributed by atoms with E-state index in [1.165, 1.54) is 81.7 Å². The molecule has 1 N–H and O–H groups in total. The molecule has 1 aromatic heterocycles. The number of nitrogens with zero attached hydrogens (tertiary/aromatic N) is 2. The Bertz CT molecular complexity index is 4060. The summed E-state index contributed by atoms with van der Waals surface area (Å²) in [5.41, 5.74) is 11.3. The maximum atomic E-state index is 6.83. The minimum Gasteiger partial charge on any atom is -0.456 e. The topological polar surface area (TPSA) is 49.9 Å². The third-order valence-corrected chi connectivity index (χ3v) is 14.3. The second kappa shape index (κ2) is 14.6. The van der Waals surface area contributed by atoms with Crippen molar-refractivity contribution >= 4 is 87.5 Å². The zero-order valence-corrected chi connectivity index (χ0v) is 36.0. The van der Waals surface area contributed by atoms with Crippen molar-refractivity contribution in [2.24, 2.45) is 9.98 Å². The van der Waals surface area contributed by atoms with Crippen LogP contribution < -0.4 is 5.32 Å². The lowest BCUT2D eigenvalue weighted by Crippen LogP contribution is -2.36. The number of fused-ring (bicyclic) bond motifs is 13. The highest BCUT2D eigenvalue weighted by molar-refractivity contribution is 6.24. The van der Waals surface area contributed by atoms with E-state index in [9.17, 15) is 0 Å². The lowest BCUT2D eigenvalue weighted by molar-refractivity contribution is 0.665. The Morgan fingerprint density at radius 3 is 1.83 bits per heavy atom. The lowest BCUT2D eigenvalue weighted by Gasteiger charge is -2.25. The fourth-order valence-electron chi connectivity index (χ4n) is 11.1. The van der Waals surface area contributed by atoms with E-state index in [1.54, 1.807) is 0 Å². The van der Waals surface area contributed by atoms with Crippen molar-refractivity contribution in [1.29, 1.82) is 0 Å². The molecular weight excluding hydrogens is 803 g/mol. The zero-order valence-electron chi connectivity index (χ0n) is 36.0. The van der Waals surface area contributed by atoms with Gasteiger partial charge in [-0.2, -0.15) is 0 Å². The molecule has 4 nitrogen and oxygen atoms in total. The van der Waals surface area contributed by atoms with Gasteiger partial charge in [-0.05, 0) is 136 Å². The van der Waals surface area contributed by atoms with Crippen LogP contribution in [0.15, 0.2) is 221 Å². The number of hydrogen-bond donors (Lipinski definition) is 1. The number of aryl methyl sites for hydroxylation is 1. The first-order chi connectivity index (χ1) is 32.7. The number of benzene rings is 11. The van der Waals surface area contributed by atoms with Crippen molar-refractivity contribution in [1.82, 2.24) is 5.32 Å². The Morgan fingerprint density at radius 2 is 1.03 bits per heavy atom. The quantitative estimate of drug-likeness (QED) is 0.179. The molecule has 0 saturated heterocycles. The number of furan rings is 1. The average Bonchev–Trinajstić information content (AvgIpc) is 3.68. The van der Waals surface area contributed by atoms with E-state index in [2.05, 4.69) is 212 Å². The number of amidine groups is 2. The third-order valence-electron chi connectivity index (χ3n) is 14.3. The second-order valence-electron chi connectivity index (χ2n) is 18.0. The second-order valence-corrected chi connectivity index (χ2v) is 18.0. The first kappa shape index (κ1) is 37.1. The molecule has 310 valence electrons. The first-order valence-electron chi connectivity index (χ1n) is 23.0. The van der Waals surface area contributed by atoms with Gasteiger partial charge in [-0.1, -0.05) is 170 Å². The zero-order chi connectivity index (χ0) is 43.3. The first-order valence-corrected chi connectivity index (χ1v) is 23.0. The SMILES string of the molecule is c1ccc2c(c1)-c1cc3ccccc3cc1CCC2c1cc(C2=NC(c3ccc4c(ccc5ccccc54)c3)N=C(c3ccc4c(ccc5ccccc54)c3)N2)c2c(c1)oc1ccccc12. The third kappa shape index (κ3) is 5.92. The normalized spacial score (nSPS) is 16.1. The van der Waals surface area contributed by atoms with Crippen LogP contribution in [0.4, 0.5) is 0 Å². The van der Waals surface area contributed by atoms with E-state index in [0.717, 1.165) is 63.1 Å². The lowest BCUT2D eigenvalue weighted by atomic mass is 9.84. The molecule has 0 bridgehead atoms. The van der Waals surface area contributed by atoms with E-state index in [1.807, 2.05) is 0 Å². The summed E-state index contributed by atoms with van der Waals surface area (Å²) < 4.78 is 6.83. The van der Waals surface area contributed by atoms with E-state index in [4.69, 9.17) is 14.4 Å². The summed E-state index contributed by atoms with van der Waals surface area (Å²) >= 11 is 0. The number of rotatable bonds is 4. The van der Waals surface area contributed by atoms with Crippen molar-refractivity contribution in [3.05, 3.63) is 240 Å². The summed E-state index contributed by atoms with van der Waals surface area (Å²) in [6, 6.07) is 75.1. The highest BCUT2D eigenvalue weighted by Crippen LogP contribution is 2.45. The Hall–Kier alpha value is -8.34. The number of hydrogen-bond acceptors (Lipinski definition) is 4. The molecule has 14 rings (SSSR count). The molecule has 0 fully saturated rings. The summed E-state index contributed by atoms with van der Waals surface area (Å²) in [5.74, 6) is 1.68. The predicted molar refractivity (Wildman–Crippen MR) is 275 cm³/mol. The molecule has 0 saturated carbocycles. The molecule has 4 heteroatoms. The van der Waals surface area contributed by atoms with Crippen molar-refractivity contribution in [2.75, 3.05) is 0 Å². The molecule has 11 aromatic carbocycles. The molecule has 2 atom stereocenters. The molecule has 66 heavy (non-hydrogen) atoms. The van der Waals surface area contributed by atoms with Crippen molar-refractivity contribution in [3.63, 3.8) is 0 Å². The van der Waals surface area contributed by atoms with Crippen LogP contribution in [0.1, 0.15) is 51.9 Å². The van der Waals surface area contributed by atoms with Gasteiger partial charge in [0.05, 0.1) is 0 Å². The van der Waals surface area contributed by atoms with Crippen molar-refractivity contribution < 1.29 is 4.42 Å². The van der Waals surface area contributed by atoms with Gasteiger partial charge in [0.25, 0.3) is 0 Å². The molecule has 2 unspecified atom stereocenters. The van der Waals surface area contributed by atoms with Crippen LogP contribution >= 0.6 is 0 Å². The summed E-state index contributed by atoms with van der Waals surface area (Å²) in [4.78, 5) is 11.1. The van der Waals surface area contributed by atoms with E-state index in [0.29, 0.717) is 0 Å². The van der Waals surface area contributed by atoms with Gasteiger partial charge in [0.1, 0.15) is 22.8 Å². The molecule has 0 amide bonds. The van der Waals surface area contributed by atoms with Gasteiger partial charge in [-0.15, -0.1) is 0 Å². The molecule has 1 aliphatic heterocycles. The van der Waals surface area contributed by atoms with Crippen LogP contribution in [-0.4, -0.2) is 11.7 Å². The number of nitrogens with one attached hydrogen (secondary N) is 1. The molecule has 2 aliphatic rings. The summed E-state index contributed by atoms with van der Waals surface area (Å²) in [6.07, 6.45) is 1.42. The molecule has 1 aliphatic carbocycles. The molecule has 0 radical (unpaired) electrons. The highest BCUT2D eigenvalue weighted by Gasteiger charge is 2.29. The van der Waals surface area contributed by atoms with E-state index < -0.39 is 6.17 Å².